The highest BCUT2D eigenvalue weighted by Gasteiger charge is 2.12. The molecule has 1 aromatic heterocycles. The second kappa shape index (κ2) is 4.82. The molecule has 2 aromatic rings. The zero-order valence-electron chi connectivity index (χ0n) is 10.5. The molecule has 1 N–H and O–H groups in total. The molecule has 2 heterocycles. The summed E-state index contributed by atoms with van der Waals surface area (Å²) in [5, 5.41) is 3.33. The first kappa shape index (κ1) is 11.3. The molecule has 0 saturated heterocycles. The molecule has 0 aliphatic carbocycles. The van der Waals surface area contributed by atoms with Crippen molar-refractivity contribution in [3.8, 4) is 5.69 Å². The predicted octanol–water partition coefficient (Wildman–Crippen LogP) is 2.72. The Morgan fingerprint density at radius 3 is 3.11 bits per heavy atom. The van der Waals surface area contributed by atoms with Gasteiger partial charge in [-0.05, 0) is 29.7 Å². The Morgan fingerprint density at radius 2 is 2.22 bits per heavy atom. The van der Waals surface area contributed by atoms with Gasteiger partial charge in [0, 0.05) is 24.6 Å². The highest BCUT2D eigenvalue weighted by Crippen LogP contribution is 2.24. The zero-order valence-corrected chi connectivity index (χ0v) is 10.5. The van der Waals surface area contributed by atoms with Gasteiger partial charge in [-0.3, -0.25) is 4.57 Å². The summed E-state index contributed by atoms with van der Waals surface area (Å²) in [6.07, 6.45) is 4.89. The van der Waals surface area contributed by atoms with E-state index in [9.17, 15) is 0 Å². The average Bonchev–Trinajstić information content (AvgIpc) is 3.03. The van der Waals surface area contributed by atoms with Crippen LogP contribution in [0.3, 0.4) is 0 Å². The van der Waals surface area contributed by atoms with Crippen molar-refractivity contribution in [2.75, 3.05) is 11.9 Å². The fraction of sp³-hybridized carbons (Fsp3) is 0.357. The van der Waals surface area contributed by atoms with Crippen molar-refractivity contribution < 1.29 is 4.74 Å². The van der Waals surface area contributed by atoms with E-state index < -0.39 is 0 Å². The Kier molecular flexibility index (Phi) is 3.02. The molecule has 0 saturated carbocycles. The molecule has 1 aromatic carbocycles. The van der Waals surface area contributed by atoms with Crippen LogP contribution in [0.2, 0.25) is 0 Å². The lowest BCUT2D eigenvalue weighted by Crippen LogP contribution is -2.06. The quantitative estimate of drug-likeness (QED) is 0.897. The van der Waals surface area contributed by atoms with Crippen molar-refractivity contribution in [2.24, 2.45) is 0 Å². The third-order valence-electron chi connectivity index (χ3n) is 3.16. The van der Waals surface area contributed by atoms with Crippen molar-refractivity contribution in [3.63, 3.8) is 0 Å². The van der Waals surface area contributed by atoms with Gasteiger partial charge < -0.3 is 10.1 Å². The number of rotatable bonds is 4. The van der Waals surface area contributed by atoms with Crippen molar-refractivity contribution in [1.29, 1.82) is 0 Å². The first-order valence-electron chi connectivity index (χ1n) is 6.35. The number of aromatic nitrogens is 2. The van der Waals surface area contributed by atoms with Crippen LogP contribution in [-0.2, 0) is 18.0 Å². The van der Waals surface area contributed by atoms with E-state index in [0.29, 0.717) is 0 Å². The Hall–Kier alpha value is -1.81. The first-order valence-corrected chi connectivity index (χ1v) is 6.35. The minimum atomic E-state index is 0.718. The molecule has 0 fully saturated rings. The summed E-state index contributed by atoms with van der Waals surface area (Å²) in [4.78, 5) is 4.34. The Labute approximate surface area is 107 Å². The minimum absolute atomic E-state index is 0.718. The van der Waals surface area contributed by atoms with Gasteiger partial charge in [-0.25, -0.2) is 4.98 Å². The molecule has 0 spiro atoms. The Bertz CT molecular complexity index is 548. The summed E-state index contributed by atoms with van der Waals surface area (Å²) in [7, 11) is 0. The SMILES string of the molecule is CCCNc1nccn1-c1ccc2c(c1)COC2. The molecule has 0 atom stereocenters. The van der Waals surface area contributed by atoms with E-state index in [4.69, 9.17) is 4.74 Å². The largest absolute Gasteiger partial charge is 0.372 e. The summed E-state index contributed by atoms with van der Waals surface area (Å²) in [5.74, 6) is 0.899. The number of ether oxygens (including phenoxy) is 1. The molecule has 1 aliphatic heterocycles. The number of hydrogen-bond acceptors (Lipinski definition) is 3. The third kappa shape index (κ3) is 1.99. The number of nitrogens with one attached hydrogen (secondary N) is 1. The van der Waals surface area contributed by atoms with E-state index >= 15 is 0 Å². The summed E-state index contributed by atoms with van der Waals surface area (Å²) < 4.78 is 7.52. The fourth-order valence-corrected chi connectivity index (χ4v) is 2.19. The highest BCUT2D eigenvalue weighted by atomic mass is 16.5. The van der Waals surface area contributed by atoms with E-state index in [2.05, 4.69) is 40.0 Å². The molecule has 0 bridgehead atoms. The number of imidazole rings is 1. The monoisotopic (exact) mass is 243 g/mol. The third-order valence-corrected chi connectivity index (χ3v) is 3.16. The predicted molar refractivity (Wildman–Crippen MR) is 70.8 cm³/mol. The summed E-state index contributed by atoms with van der Waals surface area (Å²) >= 11 is 0. The lowest BCUT2D eigenvalue weighted by Gasteiger charge is -2.10. The lowest BCUT2D eigenvalue weighted by atomic mass is 10.1. The first-order chi connectivity index (χ1) is 8.88. The van der Waals surface area contributed by atoms with Crippen LogP contribution in [0.1, 0.15) is 24.5 Å². The summed E-state index contributed by atoms with van der Waals surface area (Å²) in [6, 6.07) is 6.44. The van der Waals surface area contributed by atoms with Gasteiger partial charge in [-0.2, -0.15) is 0 Å². The molecule has 0 amide bonds. The maximum atomic E-state index is 5.44. The molecular weight excluding hydrogens is 226 g/mol. The number of nitrogens with zero attached hydrogens (tertiary/aromatic N) is 2. The van der Waals surface area contributed by atoms with Crippen molar-refractivity contribution in [1.82, 2.24) is 9.55 Å². The molecule has 4 nitrogen and oxygen atoms in total. The number of hydrogen-bond donors (Lipinski definition) is 1. The van der Waals surface area contributed by atoms with Crippen LogP contribution >= 0.6 is 0 Å². The average molecular weight is 243 g/mol. The van der Waals surface area contributed by atoms with Gasteiger partial charge >= 0.3 is 0 Å². The van der Waals surface area contributed by atoms with Crippen LogP contribution in [0.5, 0.6) is 0 Å². The number of anilines is 1. The molecular formula is C14H17N3O. The van der Waals surface area contributed by atoms with E-state index in [1.165, 1.54) is 11.1 Å². The van der Waals surface area contributed by atoms with Gasteiger partial charge in [0.1, 0.15) is 0 Å². The topological polar surface area (TPSA) is 39.1 Å². The molecule has 0 radical (unpaired) electrons. The minimum Gasteiger partial charge on any atom is -0.372 e. The van der Waals surface area contributed by atoms with E-state index in [1.54, 1.807) is 0 Å². The van der Waals surface area contributed by atoms with Gasteiger partial charge in [0.05, 0.1) is 13.2 Å². The molecule has 4 heteroatoms. The maximum absolute atomic E-state index is 5.44. The van der Waals surface area contributed by atoms with Crippen molar-refractivity contribution in [3.05, 3.63) is 41.7 Å². The van der Waals surface area contributed by atoms with Crippen LogP contribution in [0.4, 0.5) is 5.95 Å². The number of benzene rings is 1. The molecule has 94 valence electrons. The van der Waals surface area contributed by atoms with Gasteiger partial charge in [-0.1, -0.05) is 13.0 Å². The second-order valence-corrected chi connectivity index (χ2v) is 4.49. The molecule has 18 heavy (non-hydrogen) atoms. The van der Waals surface area contributed by atoms with Crippen LogP contribution in [0.25, 0.3) is 5.69 Å². The standard InChI is InChI=1S/C14H17N3O/c1-2-5-15-14-16-6-7-17(14)13-4-3-11-9-18-10-12(11)8-13/h3-4,6-8H,2,5,9-10H2,1H3,(H,15,16). The van der Waals surface area contributed by atoms with E-state index in [0.717, 1.165) is 37.8 Å². The lowest BCUT2D eigenvalue weighted by molar-refractivity contribution is 0.134. The zero-order chi connectivity index (χ0) is 12.4. The summed E-state index contributed by atoms with van der Waals surface area (Å²) in [5.41, 5.74) is 3.71. The maximum Gasteiger partial charge on any atom is 0.207 e. The van der Waals surface area contributed by atoms with Gasteiger partial charge in [0.25, 0.3) is 0 Å². The molecule has 0 unspecified atom stereocenters. The Morgan fingerprint density at radius 1 is 1.33 bits per heavy atom. The van der Waals surface area contributed by atoms with E-state index in [1.807, 2.05) is 12.4 Å². The van der Waals surface area contributed by atoms with Gasteiger partial charge in [0.15, 0.2) is 0 Å². The fourth-order valence-electron chi connectivity index (χ4n) is 2.19. The highest BCUT2D eigenvalue weighted by molar-refractivity contribution is 5.46. The van der Waals surface area contributed by atoms with Gasteiger partial charge in [0.2, 0.25) is 5.95 Å². The van der Waals surface area contributed by atoms with E-state index in [-0.39, 0.29) is 0 Å². The molecule has 3 rings (SSSR count). The summed E-state index contributed by atoms with van der Waals surface area (Å²) in [6.45, 7) is 4.54. The normalized spacial score (nSPS) is 13.6. The van der Waals surface area contributed by atoms with Crippen LogP contribution in [0.15, 0.2) is 30.6 Å². The van der Waals surface area contributed by atoms with Gasteiger partial charge in [-0.15, -0.1) is 0 Å². The van der Waals surface area contributed by atoms with Crippen LogP contribution in [-0.4, -0.2) is 16.1 Å². The smallest absolute Gasteiger partial charge is 0.207 e. The Balaban J connectivity index is 1.92. The van der Waals surface area contributed by atoms with Crippen molar-refractivity contribution >= 4 is 5.95 Å². The van der Waals surface area contributed by atoms with Crippen LogP contribution in [0, 0.1) is 0 Å². The second-order valence-electron chi connectivity index (χ2n) is 4.49. The van der Waals surface area contributed by atoms with Crippen molar-refractivity contribution in [2.45, 2.75) is 26.6 Å². The van der Waals surface area contributed by atoms with Crippen LogP contribution < -0.4 is 5.32 Å². The molecule has 1 aliphatic rings. The number of fused-ring (bicyclic) bond motifs is 1.